The first-order valence-electron chi connectivity index (χ1n) is 7.37. The largest absolute Gasteiger partial charge is 0.352 e. The number of anilines is 2. The van der Waals surface area contributed by atoms with E-state index in [1.807, 2.05) is 11.3 Å². The van der Waals surface area contributed by atoms with Gasteiger partial charge in [-0.1, -0.05) is 6.92 Å². The van der Waals surface area contributed by atoms with Gasteiger partial charge in [0.05, 0.1) is 0 Å². The molecule has 0 saturated carbocycles. The fourth-order valence-electron chi connectivity index (χ4n) is 2.21. The van der Waals surface area contributed by atoms with E-state index in [-0.39, 0.29) is 12.0 Å². The van der Waals surface area contributed by atoms with Crippen molar-refractivity contribution in [1.29, 1.82) is 0 Å². The monoisotopic (exact) mass is 319 g/mol. The maximum absolute atomic E-state index is 10.5. The van der Waals surface area contributed by atoms with Crippen molar-refractivity contribution in [3.05, 3.63) is 27.7 Å². The first-order valence-corrected chi connectivity index (χ1v) is 8.25. The number of aryl methyl sites for hydroxylation is 3. The molecule has 1 amide bonds. The Bertz CT molecular complexity index is 628. The maximum Gasteiger partial charge on any atom is 0.234 e. The van der Waals surface area contributed by atoms with Crippen molar-refractivity contribution in [1.82, 2.24) is 15.0 Å². The molecule has 0 aliphatic rings. The van der Waals surface area contributed by atoms with Crippen LogP contribution in [-0.4, -0.2) is 27.4 Å². The van der Waals surface area contributed by atoms with Gasteiger partial charge in [-0.3, -0.25) is 10.1 Å². The highest BCUT2D eigenvalue weighted by Crippen LogP contribution is 2.20. The lowest BCUT2D eigenvalue weighted by Gasteiger charge is -2.14. The van der Waals surface area contributed by atoms with Crippen LogP contribution >= 0.6 is 11.3 Å². The van der Waals surface area contributed by atoms with Crippen LogP contribution in [0.4, 0.5) is 11.9 Å². The molecular weight excluding hydrogens is 298 g/mol. The van der Waals surface area contributed by atoms with Crippen molar-refractivity contribution < 1.29 is 4.79 Å². The lowest BCUT2D eigenvalue weighted by atomic mass is 10.1. The molecule has 0 saturated heterocycles. The highest BCUT2D eigenvalue weighted by atomic mass is 32.1. The molecular formula is C15H21N5OS. The van der Waals surface area contributed by atoms with Crippen LogP contribution in [0.2, 0.25) is 0 Å². The van der Waals surface area contributed by atoms with Crippen molar-refractivity contribution >= 4 is 29.6 Å². The van der Waals surface area contributed by atoms with Gasteiger partial charge in [0.25, 0.3) is 0 Å². The van der Waals surface area contributed by atoms with E-state index < -0.39 is 0 Å². The third-order valence-electron chi connectivity index (χ3n) is 3.33. The highest BCUT2D eigenvalue weighted by Gasteiger charge is 2.09. The van der Waals surface area contributed by atoms with Crippen LogP contribution in [0.25, 0.3) is 0 Å². The quantitative estimate of drug-likeness (QED) is 0.731. The minimum Gasteiger partial charge on any atom is -0.352 e. The van der Waals surface area contributed by atoms with E-state index in [4.69, 9.17) is 0 Å². The molecule has 2 heterocycles. The fraction of sp³-hybridized carbons (Fsp3) is 0.467. The first-order chi connectivity index (χ1) is 10.6. The van der Waals surface area contributed by atoms with Crippen LogP contribution in [0.5, 0.6) is 0 Å². The highest BCUT2D eigenvalue weighted by molar-refractivity contribution is 7.10. The molecule has 7 heteroatoms. The molecule has 0 radical (unpaired) electrons. The topological polar surface area (TPSA) is 79.8 Å². The summed E-state index contributed by atoms with van der Waals surface area (Å²) in [5, 5.41) is 7.87. The van der Waals surface area contributed by atoms with Gasteiger partial charge in [0.15, 0.2) is 0 Å². The molecule has 0 aliphatic carbocycles. The molecule has 1 unspecified atom stereocenters. The lowest BCUT2D eigenvalue weighted by molar-refractivity contribution is -0.105. The molecule has 6 nitrogen and oxygen atoms in total. The summed E-state index contributed by atoms with van der Waals surface area (Å²) in [6.07, 6.45) is 3.67. The van der Waals surface area contributed by atoms with Crippen molar-refractivity contribution in [2.24, 2.45) is 0 Å². The zero-order chi connectivity index (χ0) is 15.9. The second-order valence-corrected chi connectivity index (χ2v) is 6.10. The molecule has 0 spiro atoms. The summed E-state index contributed by atoms with van der Waals surface area (Å²) in [6.45, 7) is 6.06. The SMILES string of the molecule is CCc1ccsc1CCC(C)Nc1nc(C)nc(NC=O)n1. The van der Waals surface area contributed by atoms with E-state index in [9.17, 15) is 4.79 Å². The van der Waals surface area contributed by atoms with Crippen LogP contribution in [-0.2, 0) is 17.6 Å². The third-order valence-corrected chi connectivity index (χ3v) is 4.36. The summed E-state index contributed by atoms with van der Waals surface area (Å²) >= 11 is 1.82. The third kappa shape index (κ3) is 4.49. The van der Waals surface area contributed by atoms with Gasteiger partial charge in [-0.25, -0.2) is 0 Å². The predicted octanol–water partition coefficient (Wildman–Crippen LogP) is 2.81. The van der Waals surface area contributed by atoms with Crippen molar-refractivity contribution in [3.8, 4) is 0 Å². The van der Waals surface area contributed by atoms with Gasteiger partial charge >= 0.3 is 0 Å². The van der Waals surface area contributed by atoms with E-state index in [2.05, 4.69) is 50.9 Å². The Labute approximate surface area is 134 Å². The predicted molar refractivity (Wildman–Crippen MR) is 89.4 cm³/mol. The molecule has 0 aromatic carbocycles. The second kappa shape index (κ2) is 7.84. The van der Waals surface area contributed by atoms with Gasteiger partial charge in [0.1, 0.15) is 5.82 Å². The maximum atomic E-state index is 10.5. The molecule has 0 aliphatic heterocycles. The summed E-state index contributed by atoms with van der Waals surface area (Å²) in [6, 6.07) is 2.43. The smallest absolute Gasteiger partial charge is 0.234 e. The van der Waals surface area contributed by atoms with Gasteiger partial charge in [0, 0.05) is 10.9 Å². The summed E-state index contributed by atoms with van der Waals surface area (Å²) in [7, 11) is 0. The molecule has 0 bridgehead atoms. The van der Waals surface area contributed by atoms with Gasteiger partial charge < -0.3 is 5.32 Å². The van der Waals surface area contributed by atoms with E-state index in [0.717, 1.165) is 19.3 Å². The number of thiophene rings is 1. The van der Waals surface area contributed by atoms with Gasteiger partial charge in [-0.15, -0.1) is 11.3 Å². The zero-order valence-corrected chi connectivity index (χ0v) is 13.9. The van der Waals surface area contributed by atoms with Crippen LogP contribution in [0, 0.1) is 6.92 Å². The molecule has 2 aromatic rings. The number of hydrogen-bond donors (Lipinski definition) is 2. The van der Waals surface area contributed by atoms with Gasteiger partial charge in [0.2, 0.25) is 18.3 Å². The van der Waals surface area contributed by atoms with Crippen molar-refractivity contribution in [3.63, 3.8) is 0 Å². The first kappa shape index (κ1) is 16.4. The second-order valence-electron chi connectivity index (χ2n) is 5.10. The molecule has 1 atom stereocenters. The molecule has 2 aromatic heterocycles. The summed E-state index contributed by atoms with van der Waals surface area (Å²) in [5.74, 6) is 1.33. The zero-order valence-electron chi connectivity index (χ0n) is 13.1. The van der Waals surface area contributed by atoms with Crippen molar-refractivity contribution in [2.75, 3.05) is 10.6 Å². The van der Waals surface area contributed by atoms with E-state index in [1.165, 1.54) is 10.4 Å². The molecule has 22 heavy (non-hydrogen) atoms. The number of carbonyl (C=O) groups is 1. The van der Waals surface area contributed by atoms with Crippen LogP contribution in [0.15, 0.2) is 11.4 Å². The number of hydrogen-bond acceptors (Lipinski definition) is 6. The van der Waals surface area contributed by atoms with Crippen LogP contribution in [0.3, 0.4) is 0 Å². The number of rotatable bonds is 8. The molecule has 118 valence electrons. The molecule has 2 N–H and O–H groups in total. The number of aromatic nitrogens is 3. The minimum atomic E-state index is 0.234. The normalized spacial score (nSPS) is 12.0. The average Bonchev–Trinajstić information content (AvgIpc) is 2.92. The lowest BCUT2D eigenvalue weighted by Crippen LogP contribution is -2.19. The Morgan fingerprint density at radius 3 is 2.82 bits per heavy atom. The summed E-state index contributed by atoms with van der Waals surface area (Å²) in [4.78, 5) is 24.4. The number of amides is 1. The standard InChI is InChI=1S/C15H21N5OS/c1-4-12-7-8-22-13(12)6-5-10(2)17-15-19-11(3)18-14(20-15)16-9-21/h7-10H,4-6H2,1-3H3,(H2,16,17,18,19,20,21). The number of nitrogens with one attached hydrogen (secondary N) is 2. The van der Waals surface area contributed by atoms with E-state index in [0.29, 0.717) is 18.2 Å². The van der Waals surface area contributed by atoms with E-state index in [1.54, 1.807) is 6.92 Å². The molecule has 0 fully saturated rings. The average molecular weight is 319 g/mol. The Balaban J connectivity index is 1.94. The van der Waals surface area contributed by atoms with Crippen LogP contribution in [0.1, 0.15) is 36.5 Å². The fourth-order valence-corrected chi connectivity index (χ4v) is 3.20. The summed E-state index contributed by atoms with van der Waals surface area (Å²) < 4.78 is 0. The Morgan fingerprint density at radius 1 is 1.32 bits per heavy atom. The minimum absolute atomic E-state index is 0.234. The van der Waals surface area contributed by atoms with E-state index >= 15 is 0 Å². The van der Waals surface area contributed by atoms with Gasteiger partial charge in [-0.2, -0.15) is 15.0 Å². The Morgan fingerprint density at radius 2 is 2.09 bits per heavy atom. The van der Waals surface area contributed by atoms with Crippen LogP contribution < -0.4 is 10.6 Å². The van der Waals surface area contributed by atoms with Crippen molar-refractivity contribution in [2.45, 2.75) is 46.1 Å². The Kier molecular flexibility index (Phi) is 5.83. The number of carbonyl (C=O) groups excluding carboxylic acids is 1. The number of nitrogens with zero attached hydrogens (tertiary/aromatic N) is 3. The molecule has 2 rings (SSSR count). The van der Waals surface area contributed by atoms with Gasteiger partial charge in [-0.05, 0) is 50.1 Å². The summed E-state index contributed by atoms with van der Waals surface area (Å²) in [5.41, 5.74) is 1.44. The Hall–Kier alpha value is -2.02.